The molecule has 3 unspecified atom stereocenters. The molecule has 23 heavy (non-hydrogen) atoms. The molecule has 0 spiro atoms. The number of thioether (sulfide) groups is 1. The van der Waals surface area contributed by atoms with E-state index in [0.717, 1.165) is 36.8 Å². The molecular weight excluding hydrogens is 308 g/mol. The van der Waals surface area contributed by atoms with Gasteiger partial charge in [0.15, 0.2) is 0 Å². The summed E-state index contributed by atoms with van der Waals surface area (Å²) in [6.07, 6.45) is 6.47. The van der Waals surface area contributed by atoms with Crippen LogP contribution in [0.2, 0.25) is 0 Å². The Labute approximate surface area is 143 Å². The molecule has 3 atom stereocenters. The lowest BCUT2D eigenvalue weighted by atomic mass is 9.87. The minimum absolute atomic E-state index is 0.550. The third-order valence-corrected chi connectivity index (χ3v) is 5.54. The molecular formula is C16H28N6S. The fourth-order valence-electron chi connectivity index (χ4n) is 3.63. The Balaban J connectivity index is 1.73. The zero-order chi connectivity index (χ0) is 16.4. The van der Waals surface area contributed by atoms with Crippen LogP contribution in [0.15, 0.2) is 6.20 Å². The summed E-state index contributed by atoms with van der Waals surface area (Å²) in [5.41, 5.74) is 8.12. The number of aryl methyl sites for hydroxylation is 1. The van der Waals surface area contributed by atoms with Gasteiger partial charge in [0.05, 0.1) is 0 Å². The van der Waals surface area contributed by atoms with E-state index >= 15 is 0 Å². The number of rotatable bonds is 5. The van der Waals surface area contributed by atoms with Gasteiger partial charge in [-0.15, -0.1) is 0 Å². The Morgan fingerprint density at radius 2 is 2.22 bits per heavy atom. The maximum Gasteiger partial charge on any atom is 0.227 e. The van der Waals surface area contributed by atoms with E-state index in [2.05, 4.69) is 38.8 Å². The topological polar surface area (TPSA) is 56.3 Å². The van der Waals surface area contributed by atoms with Gasteiger partial charge in [-0.05, 0) is 31.8 Å². The van der Waals surface area contributed by atoms with Crippen molar-refractivity contribution in [2.24, 2.45) is 5.92 Å². The molecule has 3 heterocycles. The number of hydrogen-bond acceptors (Lipinski definition) is 7. The zero-order valence-electron chi connectivity index (χ0n) is 14.5. The van der Waals surface area contributed by atoms with Crippen molar-refractivity contribution in [2.45, 2.75) is 31.8 Å². The van der Waals surface area contributed by atoms with E-state index in [1.807, 2.05) is 32.1 Å². The van der Waals surface area contributed by atoms with Gasteiger partial charge in [0.2, 0.25) is 5.95 Å². The summed E-state index contributed by atoms with van der Waals surface area (Å²) in [7, 11) is 4.07. The first-order valence-corrected chi connectivity index (χ1v) is 9.75. The number of piperidine rings is 1. The number of hydrazine groups is 1. The van der Waals surface area contributed by atoms with E-state index in [4.69, 9.17) is 4.98 Å². The molecule has 3 rings (SSSR count). The number of anilines is 2. The van der Waals surface area contributed by atoms with Crippen LogP contribution in [0.5, 0.6) is 0 Å². The number of hydrogen-bond donors (Lipinski definition) is 2. The van der Waals surface area contributed by atoms with E-state index in [-0.39, 0.29) is 0 Å². The summed E-state index contributed by atoms with van der Waals surface area (Å²) in [5, 5.41) is 0. The second kappa shape index (κ2) is 7.23. The van der Waals surface area contributed by atoms with Crippen molar-refractivity contribution in [1.29, 1.82) is 0 Å². The lowest BCUT2D eigenvalue weighted by molar-refractivity contribution is 0.347. The molecule has 2 saturated heterocycles. The minimum Gasteiger partial charge on any atom is -0.362 e. The van der Waals surface area contributed by atoms with Crippen LogP contribution < -0.4 is 20.7 Å². The van der Waals surface area contributed by atoms with Crippen LogP contribution in [-0.4, -0.2) is 61.2 Å². The summed E-state index contributed by atoms with van der Waals surface area (Å²) in [6, 6.07) is 1.13. The Kier molecular flexibility index (Phi) is 5.28. The van der Waals surface area contributed by atoms with Gasteiger partial charge in [-0.1, -0.05) is 0 Å². The van der Waals surface area contributed by atoms with Gasteiger partial charge in [0, 0.05) is 56.9 Å². The molecule has 7 heteroatoms. The summed E-state index contributed by atoms with van der Waals surface area (Å²) in [5.74, 6) is 3.71. The standard InChI is InChI=1S/C16H28N6S/c1-11-9-17-16(18-15(11)21(2)3)22-7-5-13-12(10-22)14(20-19-13)6-8-23-4/h9,12-14,19-20H,5-8,10H2,1-4H3. The highest BCUT2D eigenvalue weighted by Gasteiger charge is 2.39. The summed E-state index contributed by atoms with van der Waals surface area (Å²) in [6.45, 7) is 4.11. The van der Waals surface area contributed by atoms with Gasteiger partial charge in [-0.25, -0.2) is 4.98 Å². The summed E-state index contributed by atoms with van der Waals surface area (Å²) in [4.78, 5) is 13.8. The van der Waals surface area contributed by atoms with Crippen molar-refractivity contribution in [2.75, 3.05) is 49.0 Å². The van der Waals surface area contributed by atoms with Crippen molar-refractivity contribution >= 4 is 23.5 Å². The first-order chi connectivity index (χ1) is 11.1. The first kappa shape index (κ1) is 16.8. The molecule has 0 aliphatic carbocycles. The Bertz CT molecular complexity index is 537. The second-order valence-corrected chi connectivity index (χ2v) is 7.74. The fourth-order valence-corrected chi connectivity index (χ4v) is 4.12. The molecule has 0 saturated carbocycles. The molecule has 1 aromatic heterocycles. The smallest absolute Gasteiger partial charge is 0.227 e. The highest BCUT2D eigenvalue weighted by atomic mass is 32.2. The van der Waals surface area contributed by atoms with Crippen molar-refractivity contribution in [3.8, 4) is 0 Å². The number of fused-ring (bicyclic) bond motifs is 1. The highest BCUT2D eigenvalue weighted by Crippen LogP contribution is 2.29. The molecule has 128 valence electrons. The average Bonchev–Trinajstić information content (AvgIpc) is 2.95. The quantitative estimate of drug-likeness (QED) is 0.840. The van der Waals surface area contributed by atoms with E-state index < -0.39 is 0 Å². The highest BCUT2D eigenvalue weighted by molar-refractivity contribution is 7.98. The van der Waals surface area contributed by atoms with Crippen LogP contribution in [0.1, 0.15) is 18.4 Å². The lowest BCUT2D eigenvalue weighted by Crippen LogP contribution is -2.47. The Morgan fingerprint density at radius 3 is 2.96 bits per heavy atom. The van der Waals surface area contributed by atoms with E-state index in [1.165, 1.54) is 12.2 Å². The van der Waals surface area contributed by atoms with Crippen molar-refractivity contribution in [3.05, 3.63) is 11.8 Å². The van der Waals surface area contributed by atoms with Gasteiger partial charge in [-0.2, -0.15) is 16.7 Å². The van der Waals surface area contributed by atoms with Crippen LogP contribution in [-0.2, 0) is 0 Å². The van der Waals surface area contributed by atoms with Gasteiger partial charge in [0.25, 0.3) is 0 Å². The van der Waals surface area contributed by atoms with Crippen LogP contribution in [0, 0.1) is 12.8 Å². The first-order valence-electron chi connectivity index (χ1n) is 8.36. The van der Waals surface area contributed by atoms with Crippen LogP contribution >= 0.6 is 11.8 Å². The summed E-state index contributed by atoms with van der Waals surface area (Å²) >= 11 is 1.92. The SMILES string of the molecule is CSCCC1NNC2CCN(c3ncc(C)c(N(C)C)n3)CC12. The molecule has 2 aliphatic heterocycles. The Hall–Kier alpha value is -1.05. The van der Waals surface area contributed by atoms with E-state index in [9.17, 15) is 0 Å². The van der Waals surface area contributed by atoms with Gasteiger partial charge in [0.1, 0.15) is 5.82 Å². The number of nitrogens with zero attached hydrogens (tertiary/aromatic N) is 4. The average molecular weight is 337 g/mol. The monoisotopic (exact) mass is 336 g/mol. The molecule has 0 amide bonds. The van der Waals surface area contributed by atoms with Gasteiger partial charge >= 0.3 is 0 Å². The maximum absolute atomic E-state index is 4.79. The lowest BCUT2D eigenvalue weighted by Gasteiger charge is -2.36. The minimum atomic E-state index is 0.550. The van der Waals surface area contributed by atoms with Crippen molar-refractivity contribution < 1.29 is 0 Å². The molecule has 6 nitrogen and oxygen atoms in total. The van der Waals surface area contributed by atoms with Crippen LogP contribution in [0.3, 0.4) is 0 Å². The maximum atomic E-state index is 4.79. The van der Waals surface area contributed by atoms with E-state index in [0.29, 0.717) is 18.0 Å². The van der Waals surface area contributed by atoms with Crippen molar-refractivity contribution in [1.82, 2.24) is 20.8 Å². The Morgan fingerprint density at radius 1 is 1.39 bits per heavy atom. The van der Waals surface area contributed by atoms with Crippen LogP contribution in [0.4, 0.5) is 11.8 Å². The molecule has 0 bridgehead atoms. The molecule has 2 fully saturated rings. The van der Waals surface area contributed by atoms with Gasteiger partial charge in [-0.3, -0.25) is 10.9 Å². The normalized spacial score (nSPS) is 27.1. The molecule has 1 aromatic rings. The fraction of sp³-hybridized carbons (Fsp3) is 0.750. The second-order valence-electron chi connectivity index (χ2n) is 6.75. The molecule has 2 aliphatic rings. The third kappa shape index (κ3) is 3.56. The predicted molar refractivity (Wildman–Crippen MR) is 98.3 cm³/mol. The summed E-state index contributed by atoms with van der Waals surface area (Å²) < 4.78 is 0. The van der Waals surface area contributed by atoms with Crippen LogP contribution in [0.25, 0.3) is 0 Å². The van der Waals surface area contributed by atoms with Crippen molar-refractivity contribution in [3.63, 3.8) is 0 Å². The largest absolute Gasteiger partial charge is 0.362 e. The molecule has 0 aromatic carbocycles. The zero-order valence-corrected chi connectivity index (χ0v) is 15.4. The molecule has 0 radical (unpaired) electrons. The third-order valence-electron chi connectivity index (χ3n) is 4.90. The number of nitrogens with one attached hydrogen (secondary N) is 2. The predicted octanol–water partition coefficient (Wildman–Crippen LogP) is 1.28. The van der Waals surface area contributed by atoms with Gasteiger partial charge < -0.3 is 9.80 Å². The number of aromatic nitrogens is 2. The molecule has 2 N–H and O–H groups in total. The van der Waals surface area contributed by atoms with E-state index in [1.54, 1.807) is 0 Å².